The Morgan fingerprint density at radius 2 is 2.37 bits per heavy atom. The van der Waals surface area contributed by atoms with Crippen molar-refractivity contribution in [3.8, 4) is 11.5 Å². The fourth-order valence-corrected chi connectivity index (χ4v) is 1.50. The maximum atomic E-state index is 11.5. The van der Waals surface area contributed by atoms with Crippen LogP contribution < -0.4 is 11.3 Å². The largest absolute Gasteiger partial charge is 0.380 e. The predicted molar refractivity (Wildman–Crippen MR) is 68.4 cm³/mol. The van der Waals surface area contributed by atoms with Gasteiger partial charge in [-0.15, -0.1) is 0 Å². The number of aryl methyl sites for hydroxylation is 1. The molecule has 0 aliphatic heterocycles. The van der Waals surface area contributed by atoms with Gasteiger partial charge in [0.15, 0.2) is 5.82 Å². The van der Waals surface area contributed by atoms with Crippen molar-refractivity contribution < 1.29 is 9.26 Å². The summed E-state index contributed by atoms with van der Waals surface area (Å²) in [6, 6.07) is 2.72. The van der Waals surface area contributed by atoms with Crippen molar-refractivity contribution in [2.75, 3.05) is 13.2 Å². The van der Waals surface area contributed by atoms with E-state index in [0.717, 1.165) is 0 Å². The van der Waals surface area contributed by atoms with E-state index in [-0.39, 0.29) is 11.4 Å². The first-order valence-electron chi connectivity index (χ1n) is 5.95. The topological polar surface area (TPSA) is 96.2 Å². The van der Waals surface area contributed by atoms with Crippen LogP contribution in [0.15, 0.2) is 27.6 Å². The fourth-order valence-electron chi connectivity index (χ4n) is 1.50. The van der Waals surface area contributed by atoms with Crippen molar-refractivity contribution in [1.29, 1.82) is 0 Å². The molecule has 2 aromatic rings. The molecule has 7 nitrogen and oxygen atoms in total. The van der Waals surface area contributed by atoms with Gasteiger partial charge in [0, 0.05) is 31.5 Å². The van der Waals surface area contributed by atoms with Crippen LogP contribution in [0.3, 0.4) is 0 Å². The standard InChI is InChI=1S/C12H16N4O3/c1-3-18-7-9(13)11-14-12(19-15-11)8-4-5-16(2)10(17)6-8/h4-6,9H,3,7,13H2,1-2H3. The van der Waals surface area contributed by atoms with Gasteiger partial charge in [0.25, 0.3) is 11.4 Å². The molecule has 0 spiro atoms. The summed E-state index contributed by atoms with van der Waals surface area (Å²) in [4.78, 5) is 15.7. The number of nitrogens with two attached hydrogens (primary N) is 1. The molecular formula is C12H16N4O3. The minimum absolute atomic E-state index is 0.143. The average molecular weight is 264 g/mol. The van der Waals surface area contributed by atoms with Crippen molar-refractivity contribution >= 4 is 0 Å². The first-order chi connectivity index (χ1) is 9.11. The van der Waals surface area contributed by atoms with Crippen LogP contribution >= 0.6 is 0 Å². The highest BCUT2D eigenvalue weighted by Crippen LogP contribution is 2.16. The molecule has 0 aromatic carbocycles. The van der Waals surface area contributed by atoms with Crippen LogP contribution in [0.25, 0.3) is 11.5 Å². The fraction of sp³-hybridized carbons (Fsp3) is 0.417. The van der Waals surface area contributed by atoms with E-state index in [1.807, 2.05) is 6.92 Å². The van der Waals surface area contributed by atoms with Gasteiger partial charge in [-0.05, 0) is 13.0 Å². The van der Waals surface area contributed by atoms with E-state index < -0.39 is 6.04 Å². The van der Waals surface area contributed by atoms with E-state index in [0.29, 0.717) is 24.6 Å². The molecule has 2 rings (SSSR count). The zero-order valence-corrected chi connectivity index (χ0v) is 10.9. The lowest BCUT2D eigenvalue weighted by atomic mass is 10.2. The summed E-state index contributed by atoms with van der Waals surface area (Å²) in [5.74, 6) is 0.642. The Bertz CT molecular complexity index is 605. The number of aromatic nitrogens is 3. The third kappa shape index (κ3) is 3.07. The Balaban J connectivity index is 2.20. The molecule has 2 N–H and O–H groups in total. The smallest absolute Gasteiger partial charge is 0.258 e. The molecule has 19 heavy (non-hydrogen) atoms. The van der Waals surface area contributed by atoms with Gasteiger partial charge in [0.05, 0.1) is 12.6 Å². The lowest BCUT2D eigenvalue weighted by molar-refractivity contribution is 0.130. The second kappa shape index (κ2) is 5.77. The molecule has 0 aliphatic carbocycles. The summed E-state index contributed by atoms with van der Waals surface area (Å²) >= 11 is 0. The monoisotopic (exact) mass is 264 g/mol. The van der Waals surface area contributed by atoms with Crippen LogP contribution in [0.1, 0.15) is 18.8 Å². The molecule has 1 atom stereocenters. The second-order valence-corrected chi connectivity index (χ2v) is 4.09. The van der Waals surface area contributed by atoms with Crippen LogP contribution in [0.4, 0.5) is 0 Å². The van der Waals surface area contributed by atoms with Crippen LogP contribution in [-0.2, 0) is 11.8 Å². The number of pyridine rings is 1. The van der Waals surface area contributed by atoms with E-state index in [2.05, 4.69) is 10.1 Å². The third-order valence-corrected chi connectivity index (χ3v) is 2.63. The van der Waals surface area contributed by atoms with E-state index in [4.69, 9.17) is 15.0 Å². The number of nitrogens with zero attached hydrogens (tertiary/aromatic N) is 3. The molecule has 0 aliphatic rings. The molecular weight excluding hydrogens is 248 g/mol. The van der Waals surface area contributed by atoms with Gasteiger partial charge in [-0.2, -0.15) is 4.98 Å². The molecule has 102 valence electrons. The third-order valence-electron chi connectivity index (χ3n) is 2.63. The molecule has 0 amide bonds. The minimum atomic E-state index is -0.441. The van der Waals surface area contributed by atoms with Gasteiger partial charge in [-0.1, -0.05) is 5.16 Å². The first-order valence-corrected chi connectivity index (χ1v) is 5.95. The average Bonchev–Trinajstić information content (AvgIpc) is 2.89. The second-order valence-electron chi connectivity index (χ2n) is 4.09. The molecule has 0 fully saturated rings. The highest BCUT2D eigenvalue weighted by Gasteiger charge is 2.15. The van der Waals surface area contributed by atoms with Crippen LogP contribution in [0, 0.1) is 0 Å². The van der Waals surface area contributed by atoms with E-state index in [1.165, 1.54) is 10.6 Å². The van der Waals surface area contributed by atoms with E-state index >= 15 is 0 Å². The maximum absolute atomic E-state index is 11.5. The van der Waals surface area contributed by atoms with Crippen LogP contribution in [0.2, 0.25) is 0 Å². The molecule has 0 radical (unpaired) electrons. The minimum Gasteiger partial charge on any atom is -0.380 e. The SMILES string of the molecule is CCOCC(N)c1noc(-c2ccn(C)c(=O)c2)n1. The summed E-state index contributed by atoms with van der Waals surface area (Å²) in [5.41, 5.74) is 6.28. The van der Waals surface area contributed by atoms with Crippen LogP contribution in [0.5, 0.6) is 0 Å². The van der Waals surface area contributed by atoms with Gasteiger partial charge < -0.3 is 19.6 Å². The normalized spacial score (nSPS) is 12.6. The van der Waals surface area contributed by atoms with Crippen molar-refractivity contribution in [3.63, 3.8) is 0 Å². The van der Waals surface area contributed by atoms with Gasteiger partial charge in [-0.3, -0.25) is 4.79 Å². The highest BCUT2D eigenvalue weighted by atomic mass is 16.5. The van der Waals surface area contributed by atoms with Crippen molar-refractivity contribution in [1.82, 2.24) is 14.7 Å². The molecule has 2 heterocycles. The quantitative estimate of drug-likeness (QED) is 0.843. The zero-order valence-electron chi connectivity index (χ0n) is 10.9. The molecule has 0 saturated heterocycles. The van der Waals surface area contributed by atoms with Crippen molar-refractivity contribution in [2.24, 2.45) is 12.8 Å². The van der Waals surface area contributed by atoms with Crippen molar-refractivity contribution in [3.05, 3.63) is 34.5 Å². The predicted octanol–water partition coefficient (Wildman–Crippen LogP) is 0.472. The van der Waals surface area contributed by atoms with Gasteiger partial charge in [0.2, 0.25) is 0 Å². The zero-order chi connectivity index (χ0) is 13.8. The molecule has 7 heteroatoms. The summed E-state index contributed by atoms with van der Waals surface area (Å²) in [6.07, 6.45) is 1.64. The number of ether oxygens (including phenoxy) is 1. The van der Waals surface area contributed by atoms with Gasteiger partial charge in [-0.25, -0.2) is 0 Å². The highest BCUT2D eigenvalue weighted by molar-refractivity contribution is 5.51. The summed E-state index contributed by atoms with van der Waals surface area (Å²) < 4.78 is 11.8. The van der Waals surface area contributed by atoms with Crippen LogP contribution in [-0.4, -0.2) is 27.9 Å². The molecule has 2 aromatic heterocycles. The molecule has 0 saturated carbocycles. The lowest BCUT2D eigenvalue weighted by Gasteiger charge is -2.05. The molecule has 0 bridgehead atoms. The Kier molecular flexibility index (Phi) is 4.08. The lowest BCUT2D eigenvalue weighted by Crippen LogP contribution is -2.18. The Labute approximate surface area is 110 Å². The summed E-state index contributed by atoms with van der Waals surface area (Å²) in [7, 11) is 1.67. The van der Waals surface area contributed by atoms with Gasteiger partial charge >= 0.3 is 0 Å². The van der Waals surface area contributed by atoms with Gasteiger partial charge in [0.1, 0.15) is 0 Å². The molecule has 1 unspecified atom stereocenters. The Morgan fingerprint density at radius 1 is 1.58 bits per heavy atom. The number of hydrogen-bond acceptors (Lipinski definition) is 6. The maximum Gasteiger partial charge on any atom is 0.258 e. The number of hydrogen-bond donors (Lipinski definition) is 1. The van der Waals surface area contributed by atoms with Crippen molar-refractivity contribution in [2.45, 2.75) is 13.0 Å². The Hall–Kier alpha value is -1.99. The summed E-state index contributed by atoms with van der Waals surface area (Å²) in [5, 5.41) is 3.80. The number of rotatable bonds is 5. The van der Waals surface area contributed by atoms with E-state index in [9.17, 15) is 4.79 Å². The van der Waals surface area contributed by atoms with E-state index in [1.54, 1.807) is 19.3 Å². The summed E-state index contributed by atoms with van der Waals surface area (Å²) in [6.45, 7) is 2.79. The first kappa shape index (κ1) is 13.4. The Morgan fingerprint density at radius 3 is 3.05 bits per heavy atom.